The highest BCUT2D eigenvalue weighted by Crippen LogP contribution is 2.39. The number of allylic oxidation sites excluding steroid dienone is 4. The van der Waals surface area contributed by atoms with Crippen molar-refractivity contribution >= 4 is 22.9 Å². The van der Waals surface area contributed by atoms with Crippen molar-refractivity contribution in [2.75, 3.05) is 63.1 Å². The number of ketones is 2. The molecule has 2 aliphatic rings. The maximum Gasteiger partial charge on any atom is 0.192 e. The molecule has 0 bridgehead atoms. The number of fused-ring (bicyclic) bond motifs is 1. The maximum absolute atomic E-state index is 13.3. The molecule has 0 spiro atoms. The van der Waals surface area contributed by atoms with Gasteiger partial charge in [-0.05, 0) is 25.0 Å². The molecule has 0 amide bonds. The van der Waals surface area contributed by atoms with E-state index in [9.17, 15) is 9.59 Å². The number of aliphatic hydroxyl groups excluding tert-OH is 2. The third kappa shape index (κ3) is 4.96. The average Bonchev–Trinajstić information content (AvgIpc) is 2.77. The molecule has 2 aliphatic carbocycles. The van der Waals surface area contributed by atoms with E-state index in [0.29, 0.717) is 85.8 Å². The lowest BCUT2D eigenvalue weighted by Crippen LogP contribution is -2.29. The van der Waals surface area contributed by atoms with Gasteiger partial charge in [0, 0.05) is 61.8 Å². The zero-order valence-electron chi connectivity index (χ0n) is 17.1. The van der Waals surface area contributed by atoms with Gasteiger partial charge in [0.2, 0.25) is 0 Å². The van der Waals surface area contributed by atoms with Crippen molar-refractivity contribution in [3.8, 4) is 0 Å². The van der Waals surface area contributed by atoms with Gasteiger partial charge in [-0.25, -0.2) is 0 Å². The Morgan fingerprint density at radius 3 is 1.50 bits per heavy atom. The van der Waals surface area contributed by atoms with Crippen molar-refractivity contribution in [1.29, 1.82) is 0 Å². The summed E-state index contributed by atoms with van der Waals surface area (Å²) in [4.78, 5) is 26.6. The van der Waals surface area contributed by atoms with Crippen LogP contribution in [0.3, 0.4) is 0 Å². The molecule has 0 fully saturated rings. The molecular weight excluding hydrogens is 384 g/mol. The Kier molecular flexibility index (Phi) is 8.15. The lowest BCUT2D eigenvalue weighted by Gasteiger charge is -2.26. The number of anilines is 2. The molecule has 162 valence electrons. The summed E-state index contributed by atoms with van der Waals surface area (Å²) in [7, 11) is 0. The summed E-state index contributed by atoms with van der Waals surface area (Å²) in [6.45, 7) is 3.55. The molecule has 6 N–H and O–H groups in total. The van der Waals surface area contributed by atoms with Crippen molar-refractivity contribution < 1.29 is 19.8 Å². The van der Waals surface area contributed by atoms with Gasteiger partial charge in [0.1, 0.15) is 0 Å². The van der Waals surface area contributed by atoms with E-state index in [1.165, 1.54) is 0 Å². The average molecular weight is 415 g/mol. The Labute approximate surface area is 176 Å². The smallest absolute Gasteiger partial charge is 0.192 e. The highest BCUT2D eigenvalue weighted by Gasteiger charge is 2.35. The molecule has 8 nitrogen and oxygen atoms in total. The predicted octanol–water partition coefficient (Wildman–Crippen LogP) is 0.700. The van der Waals surface area contributed by atoms with Gasteiger partial charge >= 0.3 is 0 Å². The molecule has 0 atom stereocenters. The molecular formula is C22H30N4O4. The van der Waals surface area contributed by atoms with E-state index in [0.717, 1.165) is 0 Å². The highest BCUT2D eigenvalue weighted by atomic mass is 16.3. The Morgan fingerprint density at radius 1 is 0.667 bits per heavy atom. The molecule has 0 saturated carbocycles. The minimum absolute atomic E-state index is 0.0698. The molecule has 8 heteroatoms. The Morgan fingerprint density at radius 2 is 1.10 bits per heavy atom. The van der Waals surface area contributed by atoms with Gasteiger partial charge in [0.25, 0.3) is 0 Å². The van der Waals surface area contributed by atoms with Crippen LogP contribution < -0.4 is 21.3 Å². The number of carbonyl (C=O) groups is 2. The normalized spacial score (nSPS) is 15.3. The predicted molar refractivity (Wildman–Crippen MR) is 117 cm³/mol. The highest BCUT2D eigenvalue weighted by molar-refractivity contribution is 6.30. The summed E-state index contributed by atoms with van der Waals surface area (Å²) >= 11 is 0. The van der Waals surface area contributed by atoms with Gasteiger partial charge in [-0.15, -0.1) is 0 Å². The molecule has 1 aromatic carbocycles. The number of carbonyl (C=O) groups excluding carboxylic acids is 2. The van der Waals surface area contributed by atoms with Crippen LogP contribution in [0, 0.1) is 0 Å². The molecule has 0 heterocycles. The van der Waals surface area contributed by atoms with E-state index in [2.05, 4.69) is 21.3 Å². The zero-order chi connectivity index (χ0) is 21.3. The van der Waals surface area contributed by atoms with Crippen molar-refractivity contribution in [3.05, 3.63) is 46.6 Å². The van der Waals surface area contributed by atoms with Crippen molar-refractivity contribution in [2.45, 2.75) is 12.8 Å². The number of Topliss-reactive ketones (excluding diaryl/α,β-unsaturated/α-hetero) is 2. The van der Waals surface area contributed by atoms with Gasteiger partial charge in [-0.3, -0.25) is 9.59 Å². The Hall–Kier alpha value is -2.52. The molecule has 0 radical (unpaired) electrons. The van der Waals surface area contributed by atoms with Crippen molar-refractivity contribution in [3.63, 3.8) is 0 Å². The van der Waals surface area contributed by atoms with E-state index in [1.807, 2.05) is 24.3 Å². The van der Waals surface area contributed by atoms with Crippen molar-refractivity contribution in [1.82, 2.24) is 10.6 Å². The topological polar surface area (TPSA) is 123 Å². The van der Waals surface area contributed by atoms with Gasteiger partial charge in [-0.1, -0.05) is 12.2 Å². The summed E-state index contributed by atoms with van der Waals surface area (Å²) in [5.74, 6) is -0.173. The van der Waals surface area contributed by atoms with Crippen LogP contribution in [0.25, 0.3) is 0 Å². The number of hydrogen-bond donors (Lipinski definition) is 6. The van der Waals surface area contributed by atoms with E-state index >= 15 is 0 Å². The summed E-state index contributed by atoms with van der Waals surface area (Å²) in [6, 6.07) is 3.67. The largest absolute Gasteiger partial charge is 0.395 e. The van der Waals surface area contributed by atoms with Gasteiger partial charge < -0.3 is 31.5 Å². The SMILES string of the molecule is O=C1C2=C(CC=CC2)C(=O)c2c(NCCNCCO)ccc(NCCNCCO)c21. The van der Waals surface area contributed by atoms with Crippen LogP contribution >= 0.6 is 0 Å². The van der Waals surface area contributed by atoms with Crippen LogP contribution in [0.2, 0.25) is 0 Å². The zero-order valence-corrected chi connectivity index (χ0v) is 17.1. The molecule has 0 saturated heterocycles. The molecule has 3 rings (SSSR count). The summed E-state index contributed by atoms with van der Waals surface area (Å²) < 4.78 is 0. The van der Waals surface area contributed by atoms with Crippen molar-refractivity contribution in [2.24, 2.45) is 0 Å². The second kappa shape index (κ2) is 11.0. The van der Waals surface area contributed by atoms with E-state index in [1.54, 1.807) is 0 Å². The van der Waals surface area contributed by atoms with Gasteiger partial charge in [-0.2, -0.15) is 0 Å². The molecule has 30 heavy (non-hydrogen) atoms. The fourth-order valence-corrected chi connectivity index (χ4v) is 3.76. The second-order valence-electron chi connectivity index (χ2n) is 7.21. The quantitative estimate of drug-likeness (QED) is 0.218. The van der Waals surface area contributed by atoms with E-state index in [4.69, 9.17) is 10.2 Å². The van der Waals surface area contributed by atoms with E-state index < -0.39 is 0 Å². The van der Waals surface area contributed by atoms with Crippen LogP contribution in [0.4, 0.5) is 11.4 Å². The fourth-order valence-electron chi connectivity index (χ4n) is 3.76. The first-order chi connectivity index (χ1) is 14.7. The first kappa shape index (κ1) is 22.2. The summed E-state index contributed by atoms with van der Waals surface area (Å²) in [5, 5.41) is 30.4. The van der Waals surface area contributed by atoms with Crippen LogP contribution in [0.5, 0.6) is 0 Å². The standard InChI is InChI=1S/C22H30N4O4/c27-13-11-23-7-9-25-17-5-6-18(26-10-8-24-12-14-28)20-19(17)21(29)15-3-1-2-4-16(15)22(20)30/h1-2,5-6,23-28H,3-4,7-14H2. The van der Waals surface area contributed by atoms with Crippen LogP contribution in [0.15, 0.2) is 35.4 Å². The van der Waals surface area contributed by atoms with Crippen LogP contribution in [-0.4, -0.2) is 74.3 Å². The lowest BCUT2D eigenvalue weighted by molar-refractivity contribution is 0.0971. The monoisotopic (exact) mass is 414 g/mol. The molecule has 1 aromatic rings. The second-order valence-corrected chi connectivity index (χ2v) is 7.21. The van der Waals surface area contributed by atoms with E-state index in [-0.39, 0.29) is 24.8 Å². The summed E-state index contributed by atoms with van der Waals surface area (Å²) in [5.41, 5.74) is 3.36. The lowest BCUT2D eigenvalue weighted by atomic mass is 9.78. The van der Waals surface area contributed by atoms with Crippen LogP contribution in [0.1, 0.15) is 33.6 Å². The van der Waals surface area contributed by atoms with Gasteiger partial charge in [0.15, 0.2) is 11.6 Å². The third-order valence-corrected chi connectivity index (χ3v) is 5.19. The maximum atomic E-state index is 13.3. The van der Waals surface area contributed by atoms with Crippen LogP contribution in [-0.2, 0) is 0 Å². The summed E-state index contributed by atoms with van der Waals surface area (Å²) in [6.07, 6.45) is 4.85. The first-order valence-electron chi connectivity index (χ1n) is 10.4. The number of aliphatic hydroxyl groups is 2. The molecule has 0 aliphatic heterocycles. The number of benzene rings is 1. The Balaban J connectivity index is 1.85. The number of hydrogen-bond acceptors (Lipinski definition) is 8. The number of rotatable bonds is 12. The minimum Gasteiger partial charge on any atom is -0.395 e. The molecule has 0 aromatic heterocycles. The number of nitrogens with one attached hydrogen (secondary N) is 4. The third-order valence-electron chi connectivity index (χ3n) is 5.19. The molecule has 0 unspecified atom stereocenters. The Bertz CT molecular complexity index is 781. The fraction of sp³-hybridized carbons (Fsp3) is 0.455. The first-order valence-corrected chi connectivity index (χ1v) is 10.4. The minimum atomic E-state index is -0.0863. The van der Waals surface area contributed by atoms with Gasteiger partial charge in [0.05, 0.1) is 24.3 Å².